The van der Waals surface area contributed by atoms with E-state index in [0.29, 0.717) is 34.0 Å². The molecule has 2 amide bonds. The molecule has 0 spiro atoms. The van der Waals surface area contributed by atoms with Crippen LogP contribution in [0.15, 0.2) is 95.7 Å². The Morgan fingerprint density at radius 3 is 2.26 bits per heavy atom. The van der Waals surface area contributed by atoms with Gasteiger partial charge in [-0.25, -0.2) is 14.5 Å². The Morgan fingerprint density at radius 2 is 1.75 bits per heavy atom. The van der Waals surface area contributed by atoms with Gasteiger partial charge in [0, 0.05) is 24.4 Å². The molecule has 0 aliphatic carbocycles. The second kappa shape index (κ2) is 20.3. The number of aliphatic imine (C=N–C) groups is 2. The molecule has 53 heavy (non-hydrogen) atoms. The molecular formula is C35H41ClF4N10O3. The fourth-order valence-corrected chi connectivity index (χ4v) is 4.40. The molecule has 13 nitrogen and oxygen atoms in total. The minimum Gasteiger partial charge on any atom is -0.447 e. The van der Waals surface area contributed by atoms with Gasteiger partial charge in [0.25, 0.3) is 5.91 Å². The van der Waals surface area contributed by atoms with Gasteiger partial charge < -0.3 is 10.5 Å². The van der Waals surface area contributed by atoms with E-state index in [1.807, 2.05) is 0 Å². The Kier molecular flexibility index (Phi) is 16.6. The van der Waals surface area contributed by atoms with Gasteiger partial charge in [-0.15, -0.1) is 0 Å². The average Bonchev–Trinajstić information content (AvgIpc) is 3.80. The molecule has 3 N–H and O–H groups in total. The lowest BCUT2D eigenvalue weighted by atomic mass is 10.0. The number of alkyl halides is 3. The fraction of sp³-hybridized carbons (Fsp3) is 0.286. The zero-order valence-corrected chi connectivity index (χ0v) is 30.7. The number of carbonyl (C=O) groups excluding carboxylic acids is 2. The highest BCUT2D eigenvalue weighted by Gasteiger charge is 2.31. The summed E-state index contributed by atoms with van der Waals surface area (Å²) >= 11 is 6.35. The van der Waals surface area contributed by atoms with E-state index in [1.165, 1.54) is 61.9 Å². The van der Waals surface area contributed by atoms with Crippen molar-refractivity contribution < 1.29 is 31.9 Å². The molecule has 284 valence electrons. The number of ether oxygens (including phenoxy) is 1. The van der Waals surface area contributed by atoms with Gasteiger partial charge in [0.05, 0.1) is 30.1 Å². The molecule has 2 aromatic carbocycles. The van der Waals surface area contributed by atoms with Crippen molar-refractivity contribution in [1.29, 1.82) is 0 Å². The third-order valence-electron chi connectivity index (χ3n) is 6.41. The monoisotopic (exact) mass is 760 g/mol. The van der Waals surface area contributed by atoms with Crippen LogP contribution in [0.2, 0.25) is 5.02 Å². The molecule has 0 radical (unpaired) electrons. The maximum atomic E-state index is 14.4. The zero-order chi connectivity index (χ0) is 39.9. The minimum absolute atomic E-state index is 0.0498. The number of allylic oxidation sites excluding steroid dienone is 2. The number of aromatic nitrogens is 5. The fourth-order valence-electron chi connectivity index (χ4n) is 4.20. The van der Waals surface area contributed by atoms with Crippen molar-refractivity contribution >= 4 is 36.3 Å². The van der Waals surface area contributed by atoms with Crippen molar-refractivity contribution in [1.82, 2.24) is 34.8 Å². The van der Waals surface area contributed by atoms with Crippen LogP contribution in [0.5, 0.6) is 0 Å². The average molecular weight is 761 g/mol. The molecule has 0 bridgehead atoms. The van der Waals surface area contributed by atoms with Gasteiger partial charge in [-0.1, -0.05) is 70.1 Å². The molecule has 2 aromatic heterocycles. The summed E-state index contributed by atoms with van der Waals surface area (Å²) in [6, 6.07) is 9.22. The molecular weight excluding hydrogens is 720 g/mol. The van der Waals surface area contributed by atoms with Crippen molar-refractivity contribution in [2.75, 3.05) is 20.8 Å². The van der Waals surface area contributed by atoms with E-state index in [9.17, 15) is 27.2 Å². The molecule has 0 aliphatic heterocycles. The van der Waals surface area contributed by atoms with Gasteiger partial charge in [-0.2, -0.15) is 33.0 Å². The first-order chi connectivity index (χ1) is 25.1. The molecule has 0 aliphatic rings. The van der Waals surface area contributed by atoms with Crippen LogP contribution in [-0.2, 0) is 4.74 Å². The summed E-state index contributed by atoms with van der Waals surface area (Å²) in [6.45, 7) is 12.3. The number of alkyl carbamates (subject to hydrolysis) is 1. The third kappa shape index (κ3) is 12.7. The van der Waals surface area contributed by atoms with Crippen LogP contribution < -0.4 is 11.1 Å². The number of hydrogen-bond donors (Lipinski definition) is 2. The number of benzene rings is 2. The Bertz CT molecular complexity index is 1900. The topological polar surface area (TPSA) is 158 Å². The van der Waals surface area contributed by atoms with E-state index in [4.69, 9.17) is 22.1 Å². The molecule has 18 heteroatoms. The summed E-state index contributed by atoms with van der Waals surface area (Å²) in [6.07, 6.45) is 4.28. The van der Waals surface area contributed by atoms with Crippen molar-refractivity contribution in [3.8, 4) is 16.8 Å². The van der Waals surface area contributed by atoms with Crippen molar-refractivity contribution in [3.63, 3.8) is 0 Å². The maximum absolute atomic E-state index is 14.4. The summed E-state index contributed by atoms with van der Waals surface area (Å²) in [5.74, 6) is -0.881. The van der Waals surface area contributed by atoms with E-state index in [1.54, 1.807) is 12.1 Å². The lowest BCUT2D eigenvalue weighted by Gasteiger charge is -2.31. The molecule has 0 saturated carbocycles. The first-order valence-electron chi connectivity index (χ1n) is 15.5. The lowest BCUT2D eigenvalue weighted by Crippen LogP contribution is -2.46. The van der Waals surface area contributed by atoms with Gasteiger partial charge in [-0.05, 0) is 53.6 Å². The standard InChI is InChI=1S/C29H26ClF3N10O3.C5H12.CH3F/c1-4-5-24(35-2)40-29(45)46-15-23(19-10-11-21(30)22(12-19)43-27(33)37-16-39-43)42(28(34)36-3)25(44)18-8-6-17(7-9-18)20-13-38-41(14-20)26(31)32;1-5(2,3)4;1-2/h4-14,16,23,26H,1-2,15H2,3H3,(H2,34,36)(H,40,45);1-4H3;1H3/b24-5+;;/t23-;;/m1../s1. The summed E-state index contributed by atoms with van der Waals surface area (Å²) in [7, 11) is 1.85. The van der Waals surface area contributed by atoms with Crippen LogP contribution >= 0.6 is 11.6 Å². The SMILES string of the molecule is C=C/C=C(\N=C)NC(=O)OC[C@H](c1ccc(Cl)c(-n2ncnc2F)c1)N(C(=O)c1ccc(-c2cnn(C(F)F)c2)cc1)C(N)=NC.CC(C)(C)C.CF. The van der Waals surface area contributed by atoms with E-state index in [2.05, 4.69) is 71.5 Å². The third-order valence-corrected chi connectivity index (χ3v) is 6.73. The summed E-state index contributed by atoms with van der Waals surface area (Å²) in [4.78, 5) is 38.9. The Hall–Kier alpha value is -5.84. The Balaban J connectivity index is 0.00000128. The number of nitrogens with two attached hydrogens (primary N) is 1. The molecule has 1 atom stereocenters. The van der Waals surface area contributed by atoms with Crippen LogP contribution in [-0.4, -0.2) is 75.0 Å². The van der Waals surface area contributed by atoms with Crippen molar-refractivity contribution in [3.05, 3.63) is 108 Å². The van der Waals surface area contributed by atoms with Gasteiger partial charge in [-0.3, -0.25) is 24.4 Å². The van der Waals surface area contributed by atoms with Crippen LogP contribution in [0.3, 0.4) is 0 Å². The van der Waals surface area contributed by atoms with E-state index >= 15 is 0 Å². The predicted octanol–water partition coefficient (Wildman–Crippen LogP) is 7.54. The normalized spacial score (nSPS) is 12.1. The van der Waals surface area contributed by atoms with Crippen LogP contribution in [0.1, 0.15) is 56.2 Å². The van der Waals surface area contributed by atoms with Crippen molar-refractivity contribution in [2.24, 2.45) is 21.1 Å². The highest BCUT2D eigenvalue weighted by atomic mass is 35.5. The van der Waals surface area contributed by atoms with E-state index < -0.39 is 37.3 Å². The van der Waals surface area contributed by atoms with Crippen molar-refractivity contribution in [2.45, 2.75) is 40.3 Å². The molecule has 4 rings (SSSR count). The van der Waals surface area contributed by atoms with Crippen LogP contribution in [0, 0.1) is 11.5 Å². The van der Waals surface area contributed by atoms with Gasteiger partial charge in [0.2, 0.25) is 0 Å². The summed E-state index contributed by atoms with van der Waals surface area (Å²) in [5, 5.41) is 9.96. The molecule has 4 aromatic rings. The van der Waals surface area contributed by atoms with E-state index in [0.717, 1.165) is 15.9 Å². The quantitative estimate of drug-likeness (QED) is 0.0692. The number of halogens is 5. The number of rotatable bonds is 11. The first-order valence-corrected chi connectivity index (χ1v) is 15.9. The van der Waals surface area contributed by atoms with E-state index in [-0.39, 0.29) is 28.1 Å². The number of nitrogens with zero attached hydrogens (tertiary/aromatic N) is 8. The number of hydrogen-bond acceptors (Lipinski definition) is 8. The number of amides is 2. The van der Waals surface area contributed by atoms with Crippen LogP contribution in [0.25, 0.3) is 16.8 Å². The number of guanidine groups is 1. The summed E-state index contributed by atoms with van der Waals surface area (Å²) < 4.78 is 56.7. The second-order valence-electron chi connectivity index (χ2n) is 12.2. The second-order valence-corrected chi connectivity index (χ2v) is 12.6. The molecule has 2 heterocycles. The molecule has 0 fully saturated rings. The molecule has 0 saturated heterocycles. The zero-order valence-electron chi connectivity index (χ0n) is 30.0. The minimum atomic E-state index is -2.81. The lowest BCUT2D eigenvalue weighted by molar-refractivity contribution is 0.0566. The van der Waals surface area contributed by atoms with Gasteiger partial charge >= 0.3 is 18.7 Å². The Morgan fingerprint density at radius 1 is 1.11 bits per heavy atom. The summed E-state index contributed by atoms with van der Waals surface area (Å²) in [5.41, 5.74) is 8.14. The Labute approximate surface area is 309 Å². The molecule has 0 unspecified atom stereocenters. The van der Waals surface area contributed by atoms with Gasteiger partial charge in [0.1, 0.15) is 18.8 Å². The largest absolute Gasteiger partial charge is 0.447 e. The predicted molar refractivity (Wildman–Crippen MR) is 196 cm³/mol. The van der Waals surface area contributed by atoms with Gasteiger partial charge in [0.15, 0.2) is 5.96 Å². The van der Waals surface area contributed by atoms with Crippen LogP contribution in [0.4, 0.5) is 22.4 Å². The first kappa shape index (κ1) is 43.3. The highest BCUT2D eigenvalue weighted by molar-refractivity contribution is 6.32. The maximum Gasteiger partial charge on any atom is 0.412 e. The number of nitrogens with one attached hydrogen (secondary N) is 1. The smallest absolute Gasteiger partial charge is 0.412 e. The number of carbonyl (C=O) groups is 2. The highest BCUT2D eigenvalue weighted by Crippen LogP contribution is 2.30.